The van der Waals surface area contributed by atoms with Crippen molar-refractivity contribution < 1.29 is 19.1 Å². The highest BCUT2D eigenvalue weighted by molar-refractivity contribution is 6.03. The van der Waals surface area contributed by atoms with Crippen LogP contribution >= 0.6 is 0 Å². The number of amides is 2. The number of para-hydroxylation sites is 1. The molecule has 3 rings (SSSR count). The number of nitrogens with one attached hydrogen (secondary N) is 2. The van der Waals surface area contributed by atoms with Crippen molar-refractivity contribution in [3.05, 3.63) is 53.6 Å². The summed E-state index contributed by atoms with van der Waals surface area (Å²) in [7, 11) is 1.56. The zero-order chi connectivity index (χ0) is 16.9. The summed E-state index contributed by atoms with van der Waals surface area (Å²) in [5.41, 5.74) is 1.94. The van der Waals surface area contributed by atoms with Crippen molar-refractivity contribution in [1.82, 2.24) is 5.32 Å². The zero-order valence-corrected chi connectivity index (χ0v) is 13.3. The van der Waals surface area contributed by atoms with Crippen LogP contribution in [0.5, 0.6) is 11.5 Å². The second kappa shape index (κ2) is 7.04. The number of hydrogen-bond donors (Lipinski definition) is 2. The lowest BCUT2D eigenvalue weighted by molar-refractivity contribution is -0.116. The number of ether oxygens (including phenoxy) is 2. The summed E-state index contributed by atoms with van der Waals surface area (Å²) in [6.45, 7) is 0.232. The molecule has 2 aromatic carbocycles. The highest BCUT2D eigenvalue weighted by Gasteiger charge is 2.15. The maximum absolute atomic E-state index is 12.2. The average Bonchev–Trinajstić information content (AvgIpc) is 3.07. The molecule has 0 atom stereocenters. The van der Waals surface area contributed by atoms with E-state index in [1.54, 1.807) is 31.3 Å². The molecule has 0 aromatic heterocycles. The second-order valence-electron chi connectivity index (χ2n) is 5.36. The van der Waals surface area contributed by atoms with Crippen LogP contribution in [-0.2, 0) is 11.2 Å². The summed E-state index contributed by atoms with van der Waals surface area (Å²) < 4.78 is 10.6. The SMILES string of the molecule is CNC(=O)c1ccccc1NC(=O)CCc1ccc2c(c1)OCO2. The van der Waals surface area contributed by atoms with Gasteiger partial charge in [-0.05, 0) is 36.2 Å². The standard InChI is InChI=1S/C18H18N2O4/c1-19-18(22)13-4-2-3-5-14(13)20-17(21)9-7-12-6-8-15-16(10-12)24-11-23-15/h2-6,8,10H,7,9,11H2,1H3,(H,19,22)(H,20,21). The predicted octanol–water partition coefficient (Wildman–Crippen LogP) is 2.35. The molecule has 1 aliphatic heterocycles. The second-order valence-corrected chi connectivity index (χ2v) is 5.36. The smallest absolute Gasteiger partial charge is 0.253 e. The minimum atomic E-state index is -0.235. The molecule has 0 saturated carbocycles. The van der Waals surface area contributed by atoms with Crippen LogP contribution in [0.4, 0.5) is 5.69 Å². The summed E-state index contributed by atoms with van der Waals surface area (Å²) >= 11 is 0. The summed E-state index contributed by atoms with van der Waals surface area (Å²) in [6, 6.07) is 12.6. The van der Waals surface area contributed by atoms with E-state index in [0.717, 1.165) is 11.3 Å². The monoisotopic (exact) mass is 326 g/mol. The van der Waals surface area contributed by atoms with Gasteiger partial charge in [-0.1, -0.05) is 18.2 Å². The molecule has 0 spiro atoms. The first-order valence-electron chi connectivity index (χ1n) is 7.67. The Hall–Kier alpha value is -3.02. The fourth-order valence-electron chi connectivity index (χ4n) is 2.49. The summed E-state index contributed by atoms with van der Waals surface area (Å²) in [5, 5.41) is 5.35. The number of rotatable bonds is 5. The van der Waals surface area contributed by atoms with Crippen molar-refractivity contribution in [2.75, 3.05) is 19.2 Å². The summed E-state index contributed by atoms with van der Waals surface area (Å²) in [6.07, 6.45) is 0.881. The van der Waals surface area contributed by atoms with E-state index in [9.17, 15) is 9.59 Å². The molecule has 0 bridgehead atoms. The van der Waals surface area contributed by atoms with Crippen LogP contribution in [0.15, 0.2) is 42.5 Å². The highest BCUT2D eigenvalue weighted by atomic mass is 16.7. The van der Waals surface area contributed by atoms with Crippen LogP contribution in [0, 0.1) is 0 Å². The molecular formula is C18H18N2O4. The van der Waals surface area contributed by atoms with Crippen molar-refractivity contribution in [3.8, 4) is 11.5 Å². The van der Waals surface area contributed by atoms with Crippen LogP contribution in [-0.4, -0.2) is 25.7 Å². The van der Waals surface area contributed by atoms with Crippen LogP contribution in [0.2, 0.25) is 0 Å². The third kappa shape index (κ3) is 3.48. The predicted molar refractivity (Wildman–Crippen MR) is 89.3 cm³/mol. The molecule has 0 aliphatic carbocycles. The van der Waals surface area contributed by atoms with E-state index in [0.29, 0.717) is 29.8 Å². The van der Waals surface area contributed by atoms with Gasteiger partial charge in [0.1, 0.15) is 0 Å². The molecule has 2 amide bonds. The van der Waals surface area contributed by atoms with Crippen molar-refractivity contribution >= 4 is 17.5 Å². The average molecular weight is 326 g/mol. The van der Waals surface area contributed by atoms with Crippen LogP contribution in [0.1, 0.15) is 22.3 Å². The van der Waals surface area contributed by atoms with Crippen LogP contribution < -0.4 is 20.1 Å². The lowest BCUT2D eigenvalue weighted by atomic mass is 10.1. The lowest BCUT2D eigenvalue weighted by Gasteiger charge is -2.10. The third-order valence-electron chi connectivity index (χ3n) is 3.75. The van der Waals surface area contributed by atoms with Gasteiger partial charge in [0.2, 0.25) is 12.7 Å². The maximum Gasteiger partial charge on any atom is 0.253 e. The van der Waals surface area contributed by atoms with E-state index in [1.165, 1.54) is 0 Å². The Morgan fingerprint density at radius 3 is 2.71 bits per heavy atom. The van der Waals surface area contributed by atoms with Gasteiger partial charge in [-0.15, -0.1) is 0 Å². The molecule has 2 N–H and O–H groups in total. The Balaban J connectivity index is 1.61. The van der Waals surface area contributed by atoms with E-state index >= 15 is 0 Å². The Morgan fingerprint density at radius 2 is 1.88 bits per heavy atom. The van der Waals surface area contributed by atoms with Gasteiger partial charge in [0, 0.05) is 13.5 Å². The minimum Gasteiger partial charge on any atom is -0.454 e. The molecular weight excluding hydrogens is 308 g/mol. The van der Waals surface area contributed by atoms with E-state index in [2.05, 4.69) is 10.6 Å². The quantitative estimate of drug-likeness (QED) is 0.884. The summed E-state index contributed by atoms with van der Waals surface area (Å²) in [5.74, 6) is 1.05. The van der Waals surface area contributed by atoms with Gasteiger partial charge in [0.15, 0.2) is 11.5 Å². The number of carbonyl (C=O) groups is 2. The number of benzene rings is 2. The van der Waals surface area contributed by atoms with E-state index in [4.69, 9.17) is 9.47 Å². The molecule has 1 heterocycles. The van der Waals surface area contributed by atoms with Crippen molar-refractivity contribution in [2.24, 2.45) is 0 Å². The molecule has 6 heteroatoms. The molecule has 0 fully saturated rings. The molecule has 1 aliphatic rings. The first-order valence-corrected chi connectivity index (χ1v) is 7.67. The number of aryl methyl sites for hydroxylation is 1. The molecule has 24 heavy (non-hydrogen) atoms. The molecule has 6 nitrogen and oxygen atoms in total. The maximum atomic E-state index is 12.2. The number of anilines is 1. The van der Waals surface area contributed by atoms with E-state index < -0.39 is 0 Å². The summed E-state index contributed by atoms with van der Waals surface area (Å²) in [4.78, 5) is 24.0. The van der Waals surface area contributed by atoms with Gasteiger partial charge in [-0.2, -0.15) is 0 Å². The largest absolute Gasteiger partial charge is 0.454 e. The van der Waals surface area contributed by atoms with Gasteiger partial charge >= 0.3 is 0 Å². The number of hydrogen-bond acceptors (Lipinski definition) is 4. The molecule has 0 saturated heterocycles. The van der Waals surface area contributed by atoms with Gasteiger partial charge in [-0.3, -0.25) is 9.59 Å². The van der Waals surface area contributed by atoms with Gasteiger partial charge in [0.05, 0.1) is 11.3 Å². The number of carbonyl (C=O) groups excluding carboxylic acids is 2. The first-order chi connectivity index (χ1) is 11.7. The Kier molecular flexibility index (Phi) is 4.65. The lowest BCUT2D eigenvalue weighted by Crippen LogP contribution is -2.21. The normalized spacial score (nSPS) is 11.9. The fourth-order valence-corrected chi connectivity index (χ4v) is 2.49. The van der Waals surface area contributed by atoms with E-state index in [1.807, 2.05) is 18.2 Å². The molecule has 0 unspecified atom stereocenters. The van der Waals surface area contributed by atoms with Crippen molar-refractivity contribution in [3.63, 3.8) is 0 Å². The highest BCUT2D eigenvalue weighted by Crippen LogP contribution is 2.32. The third-order valence-corrected chi connectivity index (χ3v) is 3.75. The van der Waals surface area contributed by atoms with Crippen LogP contribution in [0.3, 0.4) is 0 Å². The van der Waals surface area contributed by atoms with Gasteiger partial charge in [0.25, 0.3) is 5.91 Å². The van der Waals surface area contributed by atoms with Gasteiger partial charge < -0.3 is 20.1 Å². The van der Waals surface area contributed by atoms with Crippen LogP contribution in [0.25, 0.3) is 0 Å². The minimum absolute atomic E-state index is 0.149. The van der Waals surface area contributed by atoms with E-state index in [-0.39, 0.29) is 18.6 Å². The zero-order valence-electron chi connectivity index (χ0n) is 13.3. The molecule has 0 radical (unpaired) electrons. The Labute approximate surface area is 139 Å². The Morgan fingerprint density at radius 1 is 1.08 bits per heavy atom. The van der Waals surface area contributed by atoms with Gasteiger partial charge in [-0.25, -0.2) is 0 Å². The van der Waals surface area contributed by atoms with Crippen molar-refractivity contribution in [1.29, 1.82) is 0 Å². The first kappa shape index (κ1) is 15.9. The Bertz CT molecular complexity index is 773. The molecule has 2 aromatic rings. The fraction of sp³-hybridized carbons (Fsp3) is 0.222. The number of fused-ring (bicyclic) bond motifs is 1. The van der Waals surface area contributed by atoms with Crippen molar-refractivity contribution in [2.45, 2.75) is 12.8 Å². The topological polar surface area (TPSA) is 76.7 Å². The molecule has 124 valence electrons.